The van der Waals surface area contributed by atoms with E-state index >= 15 is 0 Å². The Hall–Kier alpha value is -1.55. The fourth-order valence-electron chi connectivity index (χ4n) is 5.82. The lowest BCUT2D eigenvalue weighted by Crippen LogP contribution is -2.43. The molecule has 1 heteroatoms. The number of aldehydes is 1. The molecule has 1 nitrogen and oxygen atoms in total. The monoisotopic (exact) mass is 322 g/mol. The van der Waals surface area contributed by atoms with E-state index in [2.05, 4.69) is 51.8 Å². The van der Waals surface area contributed by atoms with Gasteiger partial charge in [0.05, 0.1) is 0 Å². The lowest BCUT2D eigenvalue weighted by molar-refractivity contribution is -0.105. The van der Waals surface area contributed by atoms with Crippen molar-refractivity contribution < 1.29 is 4.79 Å². The van der Waals surface area contributed by atoms with Gasteiger partial charge in [-0.15, -0.1) is 6.42 Å². The number of carbonyl (C=O) groups excluding carboxylic acids is 1. The predicted octanol–water partition coefficient (Wildman–Crippen LogP) is 5.49. The first-order valence-corrected chi connectivity index (χ1v) is 9.42. The van der Waals surface area contributed by atoms with Gasteiger partial charge >= 0.3 is 0 Å². The van der Waals surface area contributed by atoms with Gasteiger partial charge in [0.1, 0.15) is 6.29 Å². The average molecular weight is 322 g/mol. The highest BCUT2D eigenvalue weighted by Gasteiger charge is 2.50. The second-order valence-corrected chi connectivity index (χ2v) is 8.65. The van der Waals surface area contributed by atoms with Gasteiger partial charge < -0.3 is 0 Å². The topological polar surface area (TPSA) is 17.1 Å². The fraction of sp³-hybridized carbons (Fsp3) is 0.609. The van der Waals surface area contributed by atoms with Gasteiger partial charge in [0.2, 0.25) is 0 Å². The second-order valence-electron chi connectivity index (χ2n) is 8.65. The number of carbonyl (C=O) groups is 1. The smallest absolute Gasteiger partial charge is 0.146 e. The molecule has 3 aliphatic carbocycles. The molecule has 0 bridgehead atoms. The molecule has 0 aromatic heterocycles. The summed E-state index contributed by atoms with van der Waals surface area (Å²) in [6.07, 6.45) is 19.1. The molecule has 0 heterocycles. The summed E-state index contributed by atoms with van der Waals surface area (Å²) < 4.78 is 0. The van der Waals surface area contributed by atoms with Gasteiger partial charge in [0, 0.05) is 11.0 Å². The maximum absolute atomic E-state index is 11.2. The molecule has 0 amide bonds. The van der Waals surface area contributed by atoms with E-state index < -0.39 is 0 Å². The summed E-state index contributed by atoms with van der Waals surface area (Å²) in [5.74, 6) is 4.89. The standard InChI is InChI=1S/C23H30O/c1-6-17-9-11-21(22(17,3)4)19-10-8-18-14-16(15-24)12-13-23(18,5)20(19)7-2/h1,8-9,14-15,19-21H,7,10-13H2,2-5H3. The molecule has 0 N–H and O–H groups in total. The van der Waals surface area contributed by atoms with Crippen molar-refractivity contribution in [1.82, 2.24) is 0 Å². The molecule has 4 atom stereocenters. The number of rotatable bonds is 3. The van der Waals surface area contributed by atoms with Gasteiger partial charge in [-0.05, 0) is 60.0 Å². The Bertz CT molecular complexity index is 667. The molecular weight excluding hydrogens is 292 g/mol. The minimum atomic E-state index is 0.104. The minimum Gasteiger partial charge on any atom is -0.298 e. The summed E-state index contributed by atoms with van der Waals surface area (Å²) >= 11 is 0. The summed E-state index contributed by atoms with van der Waals surface area (Å²) in [6.45, 7) is 9.42. The summed E-state index contributed by atoms with van der Waals surface area (Å²) in [7, 11) is 0. The molecule has 3 rings (SSSR count). The molecule has 4 unspecified atom stereocenters. The van der Waals surface area contributed by atoms with E-state index in [0.29, 0.717) is 17.8 Å². The first kappa shape index (κ1) is 17.3. The van der Waals surface area contributed by atoms with Crippen LogP contribution in [-0.2, 0) is 4.79 Å². The van der Waals surface area contributed by atoms with Gasteiger partial charge in [-0.1, -0.05) is 58.3 Å². The van der Waals surface area contributed by atoms with Crippen LogP contribution >= 0.6 is 0 Å². The number of allylic oxidation sites excluding steroid dienone is 6. The zero-order valence-corrected chi connectivity index (χ0v) is 15.6. The fourth-order valence-corrected chi connectivity index (χ4v) is 5.82. The molecule has 24 heavy (non-hydrogen) atoms. The number of hydrogen-bond acceptors (Lipinski definition) is 1. The van der Waals surface area contributed by atoms with Crippen LogP contribution in [0.15, 0.2) is 34.9 Å². The number of hydrogen-bond donors (Lipinski definition) is 0. The highest BCUT2D eigenvalue weighted by atomic mass is 16.1. The maximum Gasteiger partial charge on any atom is 0.146 e. The lowest BCUT2D eigenvalue weighted by atomic mass is 9.52. The zero-order chi connectivity index (χ0) is 17.5. The van der Waals surface area contributed by atoms with Crippen molar-refractivity contribution in [2.75, 3.05) is 0 Å². The summed E-state index contributed by atoms with van der Waals surface area (Å²) in [5, 5.41) is 0. The highest BCUT2D eigenvalue weighted by Crippen LogP contribution is 2.59. The molecule has 0 saturated heterocycles. The number of terminal acetylenes is 1. The lowest BCUT2D eigenvalue weighted by Gasteiger charge is -2.51. The molecule has 128 valence electrons. The molecule has 0 aromatic rings. The van der Waals surface area contributed by atoms with Crippen molar-refractivity contribution in [2.45, 2.75) is 59.8 Å². The second kappa shape index (κ2) is 6.07. The average Bonchev–Trinajstić information content (AvgIpc) is 2.86. The van der Waals surface area contributed by atoms with Crippen LogP contribution in [0.5, 0.6) is 0 Å². The molecule has 3 aliphatic rings. The SMILES string of the molecule is C#CC1=CCC(C2CC=C3C=C(C=O)CCC3(C)C2CC)C1(C)C. The van der Waals surface area contributed by atoms with Crippen LogP contribution in [0.3, 0.4) is 0 Å². The Balaban J connectivity index is 1.96. The number of fused-ring (bicyclic) bond motifs is 1. The van der Waals surface area contributed by atoms with Crippen LogP contribution in [0.25, 0.3) is 0 Å². The largest absolute Gasteiger partial charge is 0.298 e. The molecule has 0 aliphatic heterocycles. The van der Waals surface area contributed by atoms with Crippen LogP contribution in [0.1, 0.15) is 59.8 Å². The van der Waals surface area contributed by atoms with Crippen LogP contribution in [0, 0.1) is 40.9 Å². The molecular formula is C23H30O. The molecule has 0 saturated carbocycles. The van der Waals surface area contributed by atoms with E-state index in [0.717, 1.165) is 37.5 Å². The quantitative estimate of drug-likeness (QED) is 0.496. The first-order chi connectivity index (χ1) is 11.4. The van der Waals surface area contributed by atoms with E-state index in [1.54, 1.807) is 0 Å². The van der Waals surface area contributed by atoms with Gasteiger partial charge in [0.15, 0.2) is 0 Å². The van der Waals surface area contributed by atoms with E-state index in [1.165, 1.54) is 17.6 Å². The van der Waals surface area contributed by atoms with E-state index in [9.17, 15) is 4.79 Å². The summed E-state index contributed by atoms with van der Waals surface area (Å²) in [5.41, 5.74) is 3.87. The van der Waals surface area contributed by atoms with Crippen LogP contribution in [0.2, 0.25) is 0 Å². The van der Waals surface area contributed by atoms with Gasteiger partial charge in [-0.3, -0.25) is 4.79 Å². The van der Waals surface area contributed by atoms with E-state index in [-0.39, 0.29) is 10.8 Å². The molecule has 0 radical (unpaired) electrons. The summed E-state index contributed by atoms with van der Waals surface area (Å²) in [6, 6.07) is 0. The van der Waals surface area contributed by atoms with Crippen molar-refractivity contribution in [3.63, 3.8) is 0 Å². The van der Waals surface area contributed by atoms with Gasteiger partial charge in [0.25, 0.3) is 0 Å². The van der Waals surface area contributed by atoms with Crippen LogP contribution in [0.4, 0.5) is 0 Å². The molecule has 0 fully saturated rings. The minimum absolute atomic E-state index is 0.104. The maximum atomic E-state index is 11.2. The van der Waals surface area contributed by atoms with Gasteiger partial charge in [-0.2, -0.15) is 0 Å². The third-order valence-electron chi connectivity index (χ3n) is 7.34. The molecule has 0 aromatic carbocycles. The van der Waals surface area contributed by atoms with Crippen molar-refractivity contribution in [3.05, 3.63) is 34.9 Å². The van der Waals surface area contributed by atoms with Crippen molar-refractivity contribution in [2.24, 2.45) is 28.6 Å². The first-order valence-electron chi connectivity index (χ1n) is 9.42. The summed E-state index contributed by atoms with van der Waals surface area (Å²) in [4.78, 5) is 11.2. The zero-order valence-electron chi connectivity index (χ0n) is 15.6. The third-order valence-corrected chi connectivity index (χ3v) is 7.34. The van der Waals surface area contributed by atoms with E-state index in [4.69, 9.17) is 6.42 Å². The van der Waals surface area contributed by atoms with Crippen molar-refractivity contribution in [1.29, 1.82) is 0 Å². The highest BCUT2D eigenvalue weighted by molar-refractivity contribution is 5.75. The Labute approximate surface area is 147 Å². The Kier molecular flexibility index (Phi) is 4.37. The predicted molar refractivity (Wildman–Crippen MR) is 100 cm³/mol. The van der Waals surface area contributed by atoms with E-state index in [1.807, 2.05) is 0 Å². The molecule has 0 spiro atoms. The van der Waals surface area contributed by atoms with Crippen LogP contribution < -0.4 is 0 Å². The third kappa shape index (κ3) is 2.43. The Morgan fingerprint density at radius 2 is 2.04 bits per heavy atom. The van der Waals surface area contributed by atoms with Crippen molar-refractivity contribution >= 4 is 6.29 Å². The van der Waals surface area contributed by atoms with Gasteiger partial charge in [-0.25, -0.2) is 0 Å². The Morgan fingerprint density at radius 3 is 2.62 bits per heavy atom. The normalized spacial score (nSPS) is 37.6. The Morgan fingerprint density at radius 1 is 1.29 bits per heavy atom. The van der Waals surface area contributed by atoms with Crippen LogP contribution in [-0.4, -0.2) is 6.29 Å². The van der Waals surface area contributed by atoms with Crippen molar-refractivity contribution in [3.8, 4) is 12.3 Å².